The molecule has 2 atom stereocenters. The zero-order chi connectivity index (χ0) is 9.53. The molecule has 1 aliphatic heterocycles. The number of rotatable bonds is 1. The molecule has 1 heterocycles. The van der Waals surface area contributed by atoms with Gasteiger partial charge in [-0.3, -0.25) is 4.79 Å². The molecule has 74 valence electrons. The Hall–Kier alpha value is -0.530. The van der Waals surface area contributed by atoms with Crippen molar-refractivity contribution in [1.29, 1.82) is 0 Å². The summed E-state index contributed by atoms with van der Waals surface area (Å²) in [6.45, 7) is 4.31. The number of carbonyl (C=O) groups excluding carboxylic acids is 1. The van der Waals surface area contributed by atoms with Gasteiger partial charge in [-0.25, -0.2) is 0 Å². The first kappa shape index (κ1) is 9.04. The minimum Gasteiger partial charge on any atom is -0.459 e. The van der Waals surface area contributed by atoms with Crippen LogP contribution >= 0.6 is 0 Å². The van der Waals surface area contributed by atoms with Crippen LogP contribution in [-0.2, 0) is 9.53 Å². The molecule has 0 bridgehead atoms. The lowest BCUT2D eigenvalue weighted by atomic mass is 9.62. The van der Waals surface area contributed by atoms with Crippen LogP contribution in [0.3, 0.4) is 0 Å². The van der Waals surface area contributed by atoms with Crippen molar-refractivity contribution >= 4 is 5.97 Å². The second-order valence-corrected chi connectivity index (χ2v) is 4.72. The molecule has 2 heteroatoms. The van der Waals surface area contributed by atoms with E-state index in [0.29, 0.717) is 6.42 Å². The third kappa shape index (κ3) is 1.11. The van der Waals surface area contributed by atoms with Gasteiger partial charge in [0.25, 0.3) is 0 Å². The molecule has 0 spiro atoms. The first-order valence-corrected chi connectivity index (χ1v) is 5.34. The second kappa shape index (κ2) is 2.73. The highest BCUT2D eigenvalue weighted by Crippen LogP contribution is 2.55. The van der Waals surface area contributed by atoms with Crippen LogP contribution in [0.4, 0.5) is 0 Å². The first-order valence-electron chi connectivity index (χ1n) is 5.34. The van der Waals surface area contributed by atoms with Crippen molar-refractivity contribution in [2.45, 2.75) is 58.0 Å². The average molecular weight is 182 g/mol. The molecular formula is C11H18O2. The molecule has 2 unspecified atom stereocenters. The van der Waals surface area contributed by atoms with Crippen LogP contribution < -0.4 is 0 Å². The van der Waals surface area contributed by atoms with Gasteiger partial charge >= 0.3 is 5.97 Å². The maximum atomic E-state index is 11.4. The van der Waals surface area contributed by atoms with Crippen molar-refractivity contribution in [2.75, 3.05) is 0 Å². The van der Waals surface area contributed by atoms with Crippen molar-refractivity contribution in [1.82, 2.24) is 0 Å². The van der Waals surface area contributed by atoms with Gasteiger partial charge in [-0.1, -0.05) is 13.3 Å². The molecule has 1 saturated carbocycles. The van der Waals surface area contributed by atoms with Gasteiger partial charge in [0.1, 0.15) is 5.60 Å². The number of hydrogen-bond donors (Lipinski definition) is 0. The van der Waals surface area contributed by atoms with E-state index in [1.165, 1.54) is 19.3 Å². The molecule has 1 aliphatic carbocycles. The lowest BCUT2D eigenvalue weighted by molar-refractivity contribution is -0.152. The van der Waals surface area contributed by atoms with E-state index in [1.54, 1.807) is 0 Å². The van der Waals surface area contributed by atoms with Crippen LogP contribution in [0.2, 0.25) is 0 Å². The second-order valence-electron chi connectivity index (χ2n) is 4.72. The van der Waals surface area contributed by atoms with Crippen molar-refractivity contribution in [3.05, 3.63) is 0 Å². The molecule has 2 rings (SSSR count). The fourth-order valence-corrected chi connectivity index (χ4v) is 3.13. The van der Waals surface area contributed by atoms with Crippen LogP contribution in [-0.4, -0.2) is 11.6 Å². The summed E-state index contributed by atoms with van der Waals surface area (Å²) in [4.78, 5) is 11.4. The highest BCUT2D eigenvalue weighted by Gasteiger charge is 2.57. The summed E-state index contributed by atoms with van der Waals surface area (Å²) in [5.74, 6) is 0.0197. The molecule has 0 radical (unpaired) electrons. The number of carbonyl (C=O) groups is 1. The van der Waals surface area contributed by atoms with E-state index in [0.717, 1.165) is 12.8 Å². The van der Waals surface area contributed by atoms with Crippen LogP contribution in [0.25, 0.3) is 0 Å². The standard InChI is InChI=1S/C11H18O2/c1-3-11-7-5-4-6-10(11,2)13-9(12)8-11/h3-8H2,1-2H3. The number of fused-ring (bicyclic) bond motifs is 1. The Balaban J connectivity index is 2.32. The zero-order valence-corrected chi connectivity index (χ0v) is 8.56. The minimum absolute atomic E-state index is 0.0197. The zero-order valence-electron chi connectivity index (χ0n) is 8.56. The lowest BCUT2D eigenvalue weighted by Gasteiger charge is -2.44. The predicted molar refractivity (Wildman–Crippen MR) is 50.3 cm³/mol. The van der Waals surface area contributed by atoms with Gasteiger partial charge in [-0.15, -0.1) is 0 Å². The van der Waals surface area contributed by atoms with Gasteiger partial charge in [0, 0.05) is 5.41 Å². The van der Waals surface area contributed by atoms with Gasteiger partial charge in [-0.2, -0.15) is 0 Å². The summed E-state index contributed by atoms with van der Waals surface area (Å²) >= 11 is 0. The third-order valence-electron chi connectivity index (χ3n) is 4.18. The Morgan fingerprint density at radius 2 is 2.08 bits per heavy atom. The van der Waals surface area contributed by atoms with Crippen molar-refractivity contribution in [2.24, 2.45) is 5.41 Å². The highest BCUT2D eigenvalue weighted by atomic mass is 16.6. The Morgan fingerprint density at radius 1 is 1.38 bits per heavy atom. The van der Waals surface area contributed by atoms with Gasteiger partial charge < -0.3 is 4.74 Å². The molecule has 0 aromatic heterocycles. The summed E-state index contributed by atoms with van der Waals surface area (Å²) in [5, 5.41) is 0. The third-order valence-corrected chi connectivity index (χ3v) is 4.18. The molecule has 0 aromatic rings. The van der Waals surface area contributed by atoms with Gasteiger partial charge in [0.2, 0.25) is 0 Å². The van der Waals surface area contributed by atoms with E-state index in [4.69, 9.17) is 4.74 Å². The van der Waals surface area contributed by atoms with E-state index < -0.39 is 0 Å². The van der Waals surface area contributed by atoms with Crippen LogP contribution in [0.5, 0.6) is 0 Å². The molecule has 0 N–H and O–H groups in total. The SMILES string of the molecule is CCC12CCCCC1(C)OC(=O)C2. The Labute approximate surface area is 79.7 Å². The fraction of sp³-hybridized carbons (Fsp3) is 0.909. The van der Waals surface area contributed by atoms with Gasteiger partial charge in [0.05, 0.1) is 6.42 Å². The average Bonchev–Trinajstić information content (AvgIpc) is 2.35. The van der Waals surface area contributed by atoms with Crippen LogP contribution in [0.15, 0.2) is 0 Å². The smallest absolute Gasteiger partial charge is 0.307 e. The number of ether oxygens (including phenoxy) is 1. The van der Waals surface area contributed by atoms with E-state index in [9.17, 15) is 4.79 Å². The summed E-state index contributed by atoms with van der Waals surface area (Å²) in [6.07, 6.45) is 6.44. The van der Waals surface area contributed by atoms with Crippen molar-refractivity contribution in [3.63, 3.8) is 0 Å². The topological polar surface area (TPSA) is 26.3 Å². The van der Waals surface area contributed by atoms with Crippen molar-refractivity contribution in [3.8, 4) is 0 Å². The molecular weight excluding hydrogens is 164 g/mol. The van der Waals surface area contributed by atoms with Crippen LogP contribution in [0.1, 0.15) is 52.4 Å². The molecule has 2 aliphatic rings. The predicted octanol–water partition coefficient (Wildman–Crippen LogP) is 2.66. The van der Waals surface area contributed by atoms with Gasteiger partial charge in [-0.05, 0) is 32.6 Å². The van der Waals surface area contributed by atoms with E-state index in [-0.39, 0.29) is 17.0 Å². The molecule has 1 saturated heterocycles. The molecule has 0 amide bonds. The monoisotopic (exact) mass is 182 g/mol. The van der Waals surface area contributed by atoms with E-state index >= 15 is 0 Å². The summed E-state index contributed by atoms with van der Waals surface area (Å²) in [6, 6.07) is 0. The normalized spacial score (nSPS) is 44.3. The highest BCUT2D eigenvalue weighted by molar-refractivity contribution is 5.74. The quantitative estimate of drug-likeness (QED) is 0.583. The summed E-state index contributed by atoms with van der Waals surface area (Å²) < 4.78 is 5.51. The Bertz CT molecular complexity index is 236. The maximum Gasteiger partial charge on any atom is 0.307 e. The number of hydrogen-bond acceptors (Lipinski definition) is 2. The van der Waals surface area contributed by atoms with Gasteiger partial charge in [0.15, 0.2) is 0 Å². The molecule has 0 aromatic carbocycles. The van der Waals surface area contributed by atoms with E-state index in [2.05, 4.69) is 13.8 Å². The Morgan fingerprint density at radius 3 is 2.69 bits per heavy atom. The molecule has 13 heavy (non-hydrogen) atoms. The molecule has 2 nitrogen and oxygen atoms in total. The van der Waals surface area contributed by atoms with E-state index in [1.807, 2.05) is 0 Å². The summed E-state index contributed by atoms with van der Waals surface area (Å²) in [5.41, 5.74) is 0.0272. The van der Waals surface area contributed by atoms with Crippen molar-refractivity contribution < 1.29 is 9.53 Å². The first-order chi connectivity index (χ1) is 6.12. The summed E-state index contributed by atoms with van der Waals surface area (Å²) in [7, 11) is 0. The Kier molecular flexibility index (Phi) is 1.90. The molecule has 2 fully saturated rings. The van der Waals surface area contributed by atoms with Crippen LogP contribution in [0, 0.1) is 5.41 Å². The maximum absolute atomic E-state index is 11.4. The lowest BCUT2D eigenvalue weighted by Crippen LogP contribution is -2.44. The fourth-order valence-electron chi connectivity index (χ4n) is 3.13. The number of esters is 1. The minimum atomic E-state index is -0.142. The largest absolute Gasteiger partial charge is 0.459 e.